The van der Waals surface area contributed by atoms with Gasteiger partial charge in [-0.15, -0.1) is 11.8 Å². The molecular formula is C13H15ClN2O4S. The molecule has 0 radical (unpaired) electrons. The molecule has 0 heterocycles. The fraction of sp³-hybridized carbons (Fsp3) is 0.308. The van der Waals surface area contributed by atoms with E-state index >= 15 is 0 Å². The molecule has 3 N–H and O–H groups in total. The Labute approximate surface area is 131 Å². The van der Waals surface area contributed by atoms with Crippen molar-refractivity contribution in [3.8, 4) is 0 Å². The smallest absolute Gasteiger partial charge is 0.322 e. The number of carboxylic acid groups (broad SMARTS) is 1. The van der Waals surface area contributed by atoms with E-state index in [1.165, 1.54) is 11.8 Å². The minimum atomic E-state index is -1.13. The number of halogens is 1. The lowest BCUT2D eigenvalue weighted by Crippen LogP contribution is -2.39. The van der Waals surface area contributed by atoms with E-state index in [4.69, 9.17) is 16.7 Å². The molecule has 0 fully saturated rings. The monoisotopic (exact) mass is 330 g/mol. The average molecular weight is 331 g/mol. The van der Waals surface area contributed by atoms with Gasteiger partial charge in [0, 0.05) is 17.1 Å². The number of carbonyl (C=O) groups excluding carboxylic acids is 2. The zero-order chi connectivity index (χ0) is 15.7. The quantitative estimate of drug-likeness (QED) is 0.621. The van der Waals surface area contributed by atoms with Crippen molar-refractivity contribution in [2.75, 3.05) is 18.8 Å². The Morgan fingerprint density at radius 3 is 2.43 bits per heavy atom. The molecule has 0 aliphatic heterocycles. The Balaban J connectivity index is 2.18. The Hall–Kier alpha value is -1.73. The third kappa shape index (κ3) is 7.57. The van der Waals surface area contributed by atoms with Crippen molar-refractivity contribution in [3.63, 3.8) is 0 Å². The van der Waals surface area contributed by atoms with E-state index in [9.17, 15) is 14.4 Å². The lowest BCUT2D eigenvalue weighted by Gasteiger charge is -2.06. The van der Waals surface area contributed by atoms with Crippen LogP contribution in [0.1, 0.15) is 6.42 Å². The van der Waals surface area contributed by atoms with Crippen LogP contribution in [0.5, 0.6) is 0 Å². The number of nitrogens with one attached hydrogen (secondary N) is 2. The second kappa shape index (κ2) is 9.25. The summed E-state index contributed by atoms with van der Waals surface area (Å²) >= 11 is 7.43. The summed E-state index contributed by atoms with van der Waals surface area (Å²) in [4.78, 5) is 33.8. The zero-order valence-electron chi connectivity index (χ0n) is 11.1. The molecule has 0 aliphatic rings. The lowest BCUT2D eigenvalue weighted by molar-refractivity contribution is -0.137. The van der Waals surface area contributed by atoms with Crippen LogP contribution in [-0.4, -0.2) is 41.7 Å². The normalized spacial score (nSPS) is 9.95. The Morgan fingerprint density at radius 1 is 1.10 bits per heavy atom. The molecule has 0 saturated carbocycles. The van der Waals surface area contributed by atoms with E-state index in [1.54, 1.807) is 6.07 Å². The maximum absolute atomic E-state index is 11.5. The minimum Gasteiger partial charge on any atom is -0.480 e. The van der Waals surface area contributed by atoms with Crippen LogP contribution in [0.15, 0.2) is 29.2 Å². The van der Waals surface area contributed by atoms with Crippen LogP contribution in [0.2, 0.25) is 5.02 Å². The molecule has 0 aromatic heterocycles. The molecule has 0 unspecified atom stereocenters. The summed E-state index contributed by atoms with van der Waals surface area (Å²) in [6, 6.07) is 7.33. The van der Waals surface area contributed by atoms with Gasteiger partial charge < -0.3 is 15.7 Å². The van der Waals surface area contributed by atoms with Crippen LogP contribution in [0.25, 0.3) is 0 Å². The highest BCUT2D eigenvalue weighted by molar-refractivity contribution is 7.99. The first-order valence-electron chi connectivity index (χ1n) is 6.11. The maximum Gasteiger partial charge on any atom is 0.322 e. The fourth-order valence-corrected chi connectivity index (χ4v) is 2.51. The molecule has 0 aliphatic carbocycles. The minimum absolute atomic E-state index is 0.233. The summed E-state index contributed by atoms with van der Waals surface area (Å²) < 4.78 is 0. The van der Waals surface area contributed by atoms with Crippen LogP contribution in [0, 0.1) is 0 Å². The van der Waals surface area contributed by atoms with E-state index in [2.05, 4.69) is 10.6 Å². The average Bonchev–Trinajstić information content (AvgIpc) is 2.45. The van der Waals surface area contributed by atoms with Crippen molar-refractivity contribution >= 4 is 41.1 Å². The van der Waals surface area contributed by atoms with Gasteiger partial charge in [0.05, 0.1) is 11.6 Å². The topological polar surface area (TPSA) is 95.5 Å². The number of aliphatic carboxylic acids is 1. The molecule has 6 nitrogen and oxygen atoms in total. The van der Waals surface area contributed by atoms with Gasteiger partial charge in [-0.3, -0.25) is 14.4 Å². The van der Waals surface area contributed by atoms with E-state index in [0.717, 1.165) is 4.90 Å². The van der Waals surface area contributed by atoms with Crippen LogP contribution in [0.3, 0.4) is 0 Å². The molecule has 2 amide bonds. The largest absolute Gasteiger partial charge is 0.480 e. The number of hydrogen-bond donors (Lipinski definition) is 3. The van der Waals surface area contributed by atoms with Crippen molar-refractivity contribution < 1.29 is 19.5 Å². The molecule has 0 bridgehead atoms. The highest BCUT2D eigenvalue weighted by Gasteiger charge is 2.07. The molecule has 21 heavy (non-hydrogen) atoms. The van der Waals surface area contributed by atoms with Gasteiger partial charge in [-0.2, -0.15) is 0 Å². The second-order valence-corrected chi connectivity index (χ2v) is 5.52. The second-order valence-electron chi connectivity index (χ2n) is 3.98. The molecule has 8 heteroatoms. The van der Waals surface area contributed by atoms with Gasteiger partial charge >= 0.3 is 5.97 Å². The number of benzene rings is 1. The first-order chi connectivity index (χ1) is 9.99. The number of thioether (sulfide) groups is 1. The number of carboxylic acids is 1. The SMILES string of the molecule is O=C(O)CNC(=O)CNC(=O)CCSc1ccccc1Cl. The van der Waals surface area contributed by atoms with Crippen molar-refractivity contribution in [3.05, 3.63) is 29.3 Å². The van der Waals surface area contributed by atoms with Gasteiger partial charge in [0.25, 0.3) is 0 Å². The predicted molar refractivity (Wildman–Crippen MR) is 80.4 cm³/mol. The Bertz CT molecular complexity index is 525. The van der Waals surface area contributed by atoms with Gasteiger partial charge in [-0.25, -0.2) is 0 Å². The van der Waals surface area contributed by atoms with E-state index < -0.39 is 18.4 Å². The van der Waals surface area contributed by atoms with E-state index in [0.29, 0.717) is 10.8 Å². The highest BCUT2D eigenvalue weighted by Crippen LogP contribution is 2.26. The third-order valence-corrected chi connectivity index (χ3v) is 3.82. The van der Waals surface area contributed by atoms with E-state index in [1.807, 2.05) is 18.2 Å². The number of hydrogen-bond acceptors (Lipinski definition) is 4. The van der Waals surface area contributed by atoms with Gasteiger partial charge in [0.1, 0.15) is 6.54 Å². The molecular weight excluding hydrogens is 316 g/mol. The van der Waals surface area contributed by atoms with Gasteiger partial charge in [0.2, 0.25) is 11.8 Å². The molecule has 0 atom stereocenters. The zero-order valence-corrected chi connectivity index (χ0v) is 12.7. The summed E-state index contributed by atoms with van der Waals surface area (Å²) in [6.45, 7) is -0.695. The van der Waals surface area contributed by atoms with E-state index in [-0.39, 0.29) is 18.9 Å². The van der Waals surface area contributed by atoms with Crippen LogP contribution >= 0.6 is 23.4 Å². The number of carbonyl (C=O) groups is 3. The lowest BCUT2D eigenvalue weighted by atomic mass is 10.4. The number of amides is 2. The van der Waals surface area contributed by atoms with Crippen LogP contribution in [0.4, 0.5) is 0 Å². The van der Waals surface area contributed by atoms with Crippen molar-refractivity contribution in [1.82, 2.24) is 10.6 Å². The van der Waals surface area contributed by atoms with Gasteiger partial charge in [-0.05, 0) is 12.1 Å². The van der Waals surface area contributed by atoms with Crippen molar-refractivity contribution in [1.29, 1.82) is 0 Å². The van der Waals surface area contributed by atoms with Gasteiger partial charge in [0.15, 0.2) is 0 Å². The molecule has 0 spiro atoms. The Kier molecular flexibility index (Phi) is 7.63. The highest BCUT2D eigenvalue weighted by atomic mass is 35.5. The fourth-order valence-electron chi connectivity index (χ4n) is 1.32. The predicted octanol–water partition coefficient (Wildman–Crippen LogP) is 1.14. The first kappa shape index (κ1) is 17.3. The maximum atomic E-state index is 11.5. The first-order valence-corrected chi connectivity index (χ1v) is 7.48. The summed E-state index contributed by atoms with van der Waals surface area (Å²) in [5.74, 6) is -1.41. The standard InChI is InChI=1S/C13H15ClN2O4S/c14-9-3-1-2-4-10(9)21-6-5-11(17)15-7-12(18)16-8-13(19)20/h1-4H,5-8H2,(H,15,17)(H,16,18)(H,19,20). The molecule has 1 rings (SSSR count). The Morgan fingerprint density at radius 2 is 1.76 bits per heavy atom. The molecule has 1 aromatic carbocycles. The van der Waals surface area contributed by atoms with Crippen LogP contribution in [-0.2, 0) is 14.4 Å². The van der Waals surface area contributed by atoms with Crippen LogP contribution < -0.4 is 10.6 Å². The van der Waals surface area contributed by atoms with Crippen molar-refractivity contribution in [2.45, 2.75) is 11.3 Å². The summed E-state index contributed by atoms with van der Waals surface area (Å²) in [7, 11) is 0. The molecule has 0 saturated heterocycles. The van der Waals surface area contributed by atoms with Gasteiger partial charge in [-0.1, -0.05) is 23.7 Å². The summed E-state index contributed by atoms with van der Waals surface area (Å²) in [5, 5.41) is 13.6. The summed E-state index contributed by atoms with van der Waals surface area (Å²) in [6.07, 6.45) is 0.238. The molecule has 114 valence electrons. The summed E-state index contributed by atoms with van der Waals surface area (Å²) in [5.41, 5.74) is 0. The van der Waals surface area contributed by atoms with Crippen molar-refractivity contribution in [2.24, 2.45) is 0 Å². The third-order valence-electron chi connectivity index (χ3n) is 2.31. The number of rotatable bonds is 8. The molecule has 1 aromatic rings.